The molecular weight excluding hydrogens is 232 g/mol. The molecule has 1 aliphatic heterocycles. The maximum absolute atomic E-state index is 11.7. The van der Waals surface area contributed by atoms with Crippen LogP contribution in [-0.2, 0) is 9.53 Å². The molecule has 0 spiro atoms. The number of aliphatic hydroxyl groups excluding tert-OH is 1. The summed E-state index contributed by atoms with van der Waals surface area (Å²) in [4.78, 5) is 11.7. The highest BCUT2D eigenvalue weighted by molar-refractivity contribution is 6.45. The van der Waals surface area contributed by atoms with Gasteiger partial charge >= 0.3 is 0 Å². The van der Waals surface area contributed by atoms with Gasteiger partial charge in [0.15, 0.2) is 5.60 Å². The topological polar surface area (TPSA) is 66.8 Å². The molecule has 0 unspecified atom stereocenters. The van der Waals surface area contributed by atoms with Crippen molar-refractivity contribution in [2.75, 3.05) is 0 Å². The predicted molar refractivity (Wildman–Crippen MR) is 57.4 cm³/mol. The minimum absolute atomic E-state index is 0.0794. The first-order valence-corrected chi connectivity index (χ1v) is 5.14. The predicted octanol–water partition coefficient (Wildman–Crippen LogP) is 0.992. The lowest BCUT2D eigenvalue weighted by atomic mass is 9.79. The summed E-state index contributed by atoms with van der Waals surface area (Å²) in [5.41, 5.74) is -1.18. The van der Waals surface area contributed by atoms with Gasteiger partial charge in [-0.3, -0.25) is 4.79 Å². The minimum Gasteiger partial charge on any atom is -0.469 e. The fourth-order valence-corrected chi connectivity index (χ4v) is 2.07. The number of hydrogen-bond donors (Lipinski definition) is 2. The van der Waals surface area contributed by atoms with E-state index in [1.54, 1.807) is 13.0 Å². The number of hydrogen-bond acceptors (Lipinski definition) is 4. The Labute approximate surface area is 97.5 Å². The van der Waals surface area contributed by atoms with Crippen molar-refractivity contribution >= 4 is 17.4 Å². The number of allylic oxidation sites excluding steroid dienone is 2. The summed E-state index contributed by atoms with van der Waals surface area (Å²) in [5, 5.41) is 19.6. The average molecular weight is 243 g/mol. The molecule has 5 heteroatoms. The van der Waals surface area contributed by atoms with E-state index in [0.717, 1.165) is 0 Å². The molecule has 1 aliphatic carbocycles. The lowest BCUT2D eigenvalue weighted by molar-refractivity contribution is -0.140. The van der Waals surface area contributed by atoms with Crippen molar-refractivity contribution in [3.8, 4) is 0 Å². The third kappa shape index (κ3) is 1.42. The molecule has 2 aliphatic rings. The molecule has 0 amide bonds. The quantitative estimate of drug-likeness (QED) is 0.665. The smallest absolute Gasteiger partial charge is 0.209 e. The Bertz CT molecular complexity index is 457. The zero-order chi connectivity index (χ0) is 12.1. The molecule has 0 radical (unpaired) electrons. The molecule has 0 aromatic rings. The fraction of sp³-hybridized carbons (Fsp3) is 0.364. The van der Waals surface area contributed by atoms with Crippen molar-refractivity contribution in [2.24, 2.45) is 0 Å². The van der Waals surface area contributed by atoms with Crippen LogP contribution in [0.15, 0.2) is 34.3 Å². The minimum atomic E-state index is -1.91. The molecule has 0 saturated carbocycles. The summed E-state index contributed by atoms with van der Waals surface area (Å²) in [5.74, 6) is -0.113. The second-order valence-corrected chi connectivity index (χ2v) is 4.43. The van der Waals surface area contributed by atoms with Gasteiger partial charge in [-0.2, -0.15) is 0 Å². The van der Waals surface area contributed by atoms with Crippen LogP contribution >= 0.6 is 11.6 Å². The molecule has 0 fully saturated rings. The van der Waals surface area contributed by atoms with Gasteiger partial charge in [0.25, 0.3) is 0 Å². The fourth-order valence-electron chi connectivity index (χ4n) is 1.71. The molecule has 2 atom stereocenters. The van der Waals surface area contributed by atoms with Crippen molar-refractivity contribution in [1.82, 2.24) is 0 Å². The Morgan fingerprint density at radius 3 is 2.81 bits per heavy atom. The standard InChI is InChI=1S/C11H11ClO4/c1-5-3-6-7(4-16-5)9(13)11(2,15)10(14)8(6)12/h3-4,9,13,15H,1-2H3/t9-,11+/m1/s1. The first-order chi connectivity index (χ1) is 7.35. The van der Waals surface area contributed by atoms with Crippen molar-refractivity contribution in [1.29, 1.82) is 0 Å². The highest BCUT2D eigenvalue weighted by Crippen LogP contribution is 2.38. The van der Waals surface area contributed by atoms with E-state index in [-0.39, 0.29) is 5.03 Å². The molecule has 1 heterocycles. The first kappa shape index (κ1) is 11.4. The van der Waals surface area contributed by atoms with Gasteiger partial charge in [-0.05, 0) is 19.9 Å². The van der Waals surface area contributed by atoms with E-state index in [1.807, 2.05) is 0 Å². The van der Waals surface area contributed by atoms with Gasteiger partial charge in [0.2, 0.25) is 5.78 Å². The Balaban J connectivity index is 2.63. The number of aliphatic hydroxyl groups is 2. The van der Waals surface area contributed by atoms with Crippen LogP contribution in [0.2, 0.25) is 0 Å². The highest BCUT2D eigenvalue weighted by Gasteiger charge is 2.47. The Morgan fingerprint density at radius 1 is 1.56 bits per heavy atom. The lowest BCUT2D eigenvalue weighted by Gasteiger charge is -2.35. The van der Waals surface area contributed by atoms with Gasteiger partial charge in [0, 0.05) is 11.1 Å². The normalized spacial score (nSPS) is 34.1. The van der Waals surface area contributed by atoms with Gasteiger partial charge in [0.05, 0.1) is 11.3 Å². The highest BCUT2D eigenvalue weighted by atomic mass is 35.5. The summed E-state index contributed by atoms with van der Waals surface area (Å²) in [6.07, 6.45) is 1.54. The number of carbonyl (C=O) groups excluding carboxylic acids is 1. The first-order valence-electron chi connectivity index (χ1n) is 4.76. The number of carbonyl (C=O) groups is 1. The van der Waals surface area contributed by atoms with E-state index in [9.17, 15) is 15.0 Å². The summed E-state index contributed by atoms with van der Waals surface area (Å²) in [6.45, 7) is 2.93. The van der Waals surface area contributed by atoms with E-state index in [4.69, 9.17) is 16.3 Å². The van der Waals surface area contributed by atoms with Crippen molar-refractivity contribution in [3.63, 3.8) is 0 Å². The number of Topliss-reactive ketones (excluding diaryl/α,β-unsaturated/α-hetero) is 1. The number of ether oxygens (including phenoxy) is 1. The molecule has 4 nitrogen and oxygen atoms in total. The Kier molecular flexibility index (Phi) is 2.45. The van der Waals surface area contributed by atoms with Crippen LogP contribution in [0.3, 0.4) is 0 Å². The van der Waals surface area contributed by atoms with Crippen LogP contribution < -0.4 is 0 Å². The van der Waals surface area contributed by atoms with E-state index >= 15 is 0 Å². The van der Waals surface area contributed by atoms with Crippen LogP contribution in [-0.4, -0.2) is 27.7 Å². The third-order valence-electron chi connectivity index (χ3n) is 2.75. The second-order valence-electron chi connectivity index (χ2n) is 4.05. The van der Waals surface area contributed by atoms with Crippen LogP contribution in [0.5, 0.6) is 0 Å². The van der Waals surface area contributed by atoms with Crippen molar-refractivity contribution < 1.29 is 19.7 Å². The van der Waals surface area contributed by atoms with Crippen LogP contribution in [0.25, 0.3) is 0 Å². The van der Waals surface area contributed by atoms with Gasteiger partial charge in [-0.25, -0.2) is 0 Å². The van der Waals surface area contributed by atoms with E-state index in [0.29, 0.717) is 16.9 Å². The van der Waals surface area contributed by atoms with Gasteiger partial charge in [-0.1, -0.05) is 11.6 Å². The maximum atomic E-state index is 11.7. The molecule has 2 N–H and O–H groups in total. The second kappa shape index (κ2) is 3.45. The van der Waals surface area contributed by atoms with E-state index in [1.165, 1.54) is 13.2 Å². The van der Waals surface area contributed by atoms with E-state index < -0.39 is 17.5 Å². The van der Waals surface area contributed by atoms with Crippen LogP contribution in [0.4, 0.5) is 0 Å². The van der Waals surface area contributed by atoms with Gasteiger partial charge in [-0.15, -0.1) is 0 Å². The molecule has 86 valence electrons. The summed E-state index contributed by atoms with van der Waals surface area (Å²) < 4.78 is 5.12. The summed E-state index contributed by atoms with van der Waals surface area (Å²) in [6, 6.07) is 0. The molecule has 2 rings (SSSR count). The number of fused-ring (bicyclic) bond motifs is 1. The molecule has 0 saturated heterocycles. The average Bonchev–Trinajstić information content (AvgIpc) is 2.24. The van der Waals surface area contributed by atoms with Crippen molar-refractivity contribution in [2.45, 2.75) is 25.6 Å². The van der Waals surface area contributed by atoms with Crippen LogP contribution in [0.1, 0.15) is 13.8 Å². The monoisotopic (exact) mass is 242 g/mol. The summed E-state index contributed by atoms with van der Waals surface area (Å²) in [7, 11) is 0. The summed E-state index contributed by atoms with van der Waals surface area (Å²) >= 11 is 5.87. The van der Waals surface area contributed by atoms with Crippen molar-refractivity contribution in [3.05, 3.63) is 34.3 Å². The van der Waals surface area contributed by atoms with Gasteiger partial charge in [0.1, 0.15) is 11.9 Å². The lowest BCUT2D eigenvalue weighted by Crippen LogP contribution is -2.51. The zero-order valence-corrected chi connectivity index (χ0v) is 9.58. The van der Waals surface area contributed by atoms with Gasteiger partial charge < -0.3 is 14.9 Å². The van der Waals surface area contributed by atoms with E-state index in [2.05, 4.69) is 0 Å². The number of rotatable bonds is 0. The largest absolute Gasteiger partial charge is 0.469 e. The molecule has 0 aromatic carbocycles. The SMILES string of the molecule is CC1=CC2=C(Cl)C(=O)[C@@](C)(O)[C@H](O)C2=CO1. The Morgan fingerprint density at radius 2 is 2.19 bits per heavy atom. The molecular formula is C11H11ClO4. The molecule has 0 bridgehead atoms. The zero-order valence-electron chi connectivity index (χ0n) is 8.82. The maximum Gasteiger partial charge on any atom is 0.209 e. The number of halogens is 1. The van der Waals surface area contributed by atoms with Crippen LogP contribution in [0, 0.1) is 0 Å². The Hall–Kier alpha value is -1.10. The molecule has 16 heavy (non-hydrogen) atoms. The number of ketones is 1. The third-order valence-corrected chi connectivity index (χ3v) is 3.13. The molecule has 0 aromatic heterocycles.